The normalized spacial score (nSPS) is 12.6. The van der Waals surface area contributed by atoms with Crippen LogP contribution < -0.4 is 10.6 Å². The van der Waals surface area contributed by atoms with Gasteiger partial charge < -0.3 is 15.7 Å². The molecule has 0 aliphatic rings. The quantitative estimate of drug-likeness (QED) is 0.321. The Morgan fingerprint density at radius 2 is 2.25 bits per heavy atom. The first-order chi connectivity index (χ1) is 11.1. The Bertz CT molecular complexity index is 645. The van der Waals surface area contributed by atoms with Gasteiger partial charge in [0.25, 0.3) is 0 Å². The summed E-state index contributed by atoms with van der Waals surface area (Å²) >= 11 is 7.26. The van der Waals surface area contributed by atoms with Gasteiger partial charge in [-0.1, -0.05) is 11.6 Å². The van der Waals surface area contributed by atoms with E-state index < -0.39 is 6.10 Å². The molecule has 2 heterocycles. The lowest BCUT2D eigenvalue weighted by Crippen LogP contribution is -2.38. The van der Waals surface area contributed by atoms with Crippen molar-refractivity contribution in [3.63, 3.8) is 0 Å². The summed E-state index contributed by atoms with van der Waals surface area (Å²) in [7, 11) is 1.90. The van der Waals surface area contributed by atoms with Gasteiger partial charge in [0.1, 0.15) is 6.10 Å². The molecule has 24 heavy (non-hydrogen) atoms. The second kappa shape index (κ2) is 10.9. The van der Waals surface area contributed by atoms with E-state index in [4.69, 9.17) is 11.6 Å². The molecule has 1 unspecified atom stereocenters. The van der Waals surface area contributed by atoms with E-state index >= 15 is 0 Å². The number of aliphatic imine (C=N–C) groups is 1. The van der Waals surface area contributed by atoms with Crippen LogP contribution in [0.3, 0.4) is 0 Å². The summed E-state index contributed by atoms with van der Waals surface area (Å²) in [5, 5.41) is 20.7. The van der Waals surface area contributed by atoms with Crippen molar-refractivity contribution < 1.29 is 5.11 Å². The highest BCUT2D eigenvalue weighted by molar-refractivity contribution is 14.0. The number of rotatable bonds is 7. The smallest absolute Gasteiger partial charge is 0.191 e. The summed E-state index contributed by atoms with van der Waals surface area (Å²) in [6, 6.07) is 3.61. The van der Waals surface area contributed by atoms with Crippen LogP contribution >= 0.6 is 46.9 Å². The minimum absolute atomic E-state index is 0. The third-order valence-electron chi connectivity index (χ3n) is 3.15. The summed E-state index contributed by atoms with van der Waals surface area (Å²) in [4.78, 5) is 5.25. The van der Waals surface area contributed by atoms with Gasteiger partial charge in [0.2, 0.25) is 0 Å². The average molecular weight is 484 g/mol. The van der Waals surface area contributed by atoms with E-state index in [9.17, 15) is 5.11 Å². The fraction of sp³-hybridized carbons (Fsp3) is 0.467. The first-order valence-electron chi connectivity index (χ1n) is 7.51. The van der Waals surface area contributed by atoms with Crippen molar-refractivity contribution in [2.45, 2.75) is 19.4 Å². The lowest BCUT2D eigenvalue weighted by Gasteiger charge is -2.12. The van der Waals surface area contributed by atoms with Crippen molar-refractivity contribution in [2.75, 3.05) is 19.6 Å². The molecular weight excluding hydrogens is 461 g/mol. The molecule has 0 aromatic carbocycles. The third kappa shape index (κ3) is 6.96. The van der Waals surface area contributed by atoms with Gasteiger partial charge >= 0.3 is 0 Å². The Balaban J connectivity index is 0.00000288. The van der Waals surface area contributed by atoms with E-state index in [0.717, 1.165) is 24.4 Å². The fourth-order valence-corrected chi connectivity index (χ4v) is 3.08. The minimum atomic E-state index is -0.638. The fourth-order valence-electron chi connectivity index (χ4n) is 2.04. The number of aryl methyl sites for hydroxylation is 1. The van der Waals surface area contributed by atoms with Crippen molar-refractivity contribution in [3.05, 3.63) is 39.3 Å². The first-order valence-corrected chi connectivity index (χ1v) is 8.71. The molecule has 0 bridgehead atoms. The van der Waals surface area contributed by atoms with Gasteiger partial charge in [-0.3, -0.25) is 9.67 Å². The highest BCUT2D eigenvalue weighted by atomic mass is 127. The molecule has 2 rings (SSSR count). The van der Waals surface area contributed by atoms with Crippen molar-refractivity contribution in [2.24, 2.45) is 12.0 Å². The molecule has 2 aromatic rings. The number of thiophene rings is 1. The van der Waals surface area contributed by atoms with Gasteiger partial charge in [0.05, 0.1) is 17.1 Å². The zero-order valence-corrected chi connectivity index (χ0v) is 17.6. The summed E-state index contributed by atoms with van der Waals surface area (Å²) in [5.74, 6) is 0.693. The third-order valence-corrected chi connectivity index (χ3v) is 4.49. The van der Waals surface area contributed by atoms with Gasteiger partial charge in [-0.15, -0.1) is 35.3 Å². The first kappa shape index (κ1) is 21.2. The zero-order chi connectivity index (χ0) is 16.7. The molecule has 0 amide bonds. The van der Waals surface area contributed by atoms with Crippen molar-refractivity contribution in [1.82, 2.24) is 20.4 Å². The molecule has 1 atom stereocenters. The van der Waals surface area contributed by atoms with Crippen LogP contribution in [0.15, 0.2) is 29.5 Å². The Kier molecular flexibility index (Phi) is 9.64. The van der Waals surface area contributed by atoms with Crippen molar-refractivity contribution in [1.29, 1.82) is 0 Å². The van der Waals surface area contributed by atoms with Crippen molar-refractivity contribution >= 4 is 52.9 Å². The molecule has 6 nitrogen and oxygen atoms in total. The lowest BCUT2D eigenvalue weighted by molar-refractivity contribution is 0.191. The summed E-state index contributed by atoms with van der Waals surface area (Å²) in [5.41, 5.74) is 1.17. The molecule has 134 valence electrons. The second-order valence-corrected chi connectivity index (χ2v) is 6.82. The number of guanidine groups is 1. The van der Waals surface area contributed by atoms with Crippen LogP contribution in [0.5, 0.6) is 0 Å². The predicted octanol–water partition coefficient (Wildman–Crippen LogP) is 2.58. The Hall–Kier alpha value is -0.840. The monoisotopic (exact) mass is 483 g/mol. The SMILES string of the molecule is CCNC(=NCC(O)c1ccc(Cl)s1)NCCc1cnn(C)c1.I. The van der Waals surface area contributed by atoms with Crippen LogP contribution in [-0.4, -0.2) is 40.5 Å². The molecule has 0 aliphatic heterocycles. The van der Waals surface area contributed by atoms with E-state index in [2.05, 4.69) is 20.7 Å². The molecule has 0 aliphatic carbocycles. The summed E-state index contributed by atoms with van der Waals surface area (Å²) in [6.07, 6.45) is 4.08. The largest absolute Gasteiger partial charge is 0.386 e. The number of hydrogen-bond acceptors (Lipinski definition) is 4. The highest BCUT2D eigenvalue weighted by Gasteiger charge is 2.10. The maximum Gasteiger partial charge on any atom is 0.191 e. The van der Waals surface area contributed by atoms with Crippen molar-refractivity contribution in [3.8, 4) is 0 Å². The van der Waals surface area contributed by atoms with Crippen LogP contribution in [-0.2, 0) is 13.5 Å². The molecular formula is C15H23ClIN5OS. The molecule has 0 fully saturated rings. The second-order valence-electron chi connectivity index (χ2n) is 5.08. The molecule has 0 spiro atoms. The predicted molar refractivity (Wildman–Crippen MR) is 111 cm³/mol. The number of aliphatic hydroxyl groups is 1. The van der Waals surface area contributed by atoms with Gasteiger partial charge in [-0.25, -0.2) is 0 Å². The van der Waals surface area contributed by atoms with E-state index in [1.807, 2.05) is 32.4 Å². The van der Waals surface area contributed by atoms with Crippen LogP contribution in [0.25, 0.3) is 0 Å². The Morgan fingerprint density at radius 1 is 1.46 bits per heavy atom. The standard InChI is InChI=1S/C15H22ClN5OS.HI/c1-3-17-15(18-7-6-11-8-20-21(2)10-11)19-9-12(22)13-4-5-14(16)23-13;/h4-5,8,10,12,22H,3,6-7,9H2,1-2H3,(H2,17,18,19);1H. The minimum Gasteiger partial charge on any atom is -0.386 e. The number of halogens is 2. The molecule has 0 radical (unpaired) electrons. The van der Waals surface area contributed by atoms with Crippen LogP contribution in [0.4, 0.5) is 0 Å². The number of nitrogens with one attached hydrogen (secondary N) is 2. The average Bonchev–Trinajstić information content (AvgIpc) is 3.13. The van der Waals surface area contributed by atoms with Crippen LogP contribution in [0.1, 0.15) is 23.5 Å². The number of aliphatic hydroxyl groups excluding tert-OH is 1. The summed E-state index contributed by atoms with van der Waals surface area (Å²) < 4.78 is 2.46. The van der Waals surface area contributed by atoms with E-state index in [1.165, 1.54) is 16.9 Å². The Morgan fingerprint density at radius 3 is 2.83 bits per heavy atom. The molecule has 0 saturated heterocycles. The van der Waals surface area contributed by atoms with Crippen LogP contribution in [0, 0.1) is 0 Å². The number of aromatic nitrogens is 2. The maximum atomic E-state index is 10.1. The van der Waals surface area contributed by atoms with Crippen LogP contribution in [0.2, 0.25) is 4.34 Å². The molecule has 2 aromatic heterocycles. The summed E-state index contributed by atoms with van der Waals surface area (Å²) in [6.45, 7) is 3.81. The van der Waals surface area contributed by atoms with E-state index in [1.54, 1.807) is 10.7 Å². The van der Waals surface area contributed by atoms with Gasteiger partial charge in [-0.2, -0.15) is 5.10 Å². The van der Waals surface area contributed by atoms with E-state index in [0.29, 0.717) is 16.8 Å². The van der Waals surface area contributed by atoms with Gasteiger partial charge in [-0.05, 0) is 31.0 Å². The van der Waals surface area contributed by atoms with Gasteiger partial charge in [0, 0.05) is 31.2 Å². The number of nitrogens with zero attached hydrogens (tertiary/aromatic N) is 3. The molecule has 3 N–H and O–H groups in total. The topological polar surface area (TPSA) is 74.5 Å². The molecule has 9 heteroatoms. The maximum absolute atomic E-state index is 10.1. The molecule has 0 saturated carbocycles. The number of hydrogen-bond donors (Lipinski definition) is 3. The lowest BCUT2D eigenvalue weighted by atomic mass is 10.2. The highest BCUT2D eigenvalue weighted by Crippen LogP contribution is 2.26. The van der Waals surface area contributed by atoms with Gasteiger partial charge in [0.15, 0.2) is 5.96 Å². The van der Waals surface area contributed by atoms with E-state index in [-0.39, 0.29) is 24.0 Å². The Labute approximate surface area is 168 Å². The zero-order valence-electron chi connectivity index (χ0n) is 13.7.